The Labute approximate surface area is 153 Å². The van der Waals surface area contributed by atoms with E-state index in [-0.39, 0.29) is 11.9 Å². The lowest BCUT2D eigenvalue weighted by molar-refractivity contribution is 0.0927. The monoisotopic (exact) mass is 346 g/mol. The topological polar surface area (TPSA) is 59.8 Å². The molecule has 0 radical (unpaired) electrons. The molecule has 1 amide bonds. The first kappa shape index (κ1) is 16.5. The Morgan fingerprint density at radius 1 is 1.15 bits per heavy atom. The molecule has 5 heteroatoms. The van der Waals surface area contributed by atoms with Crippen molar-refractivity contribution in [2.45, 2.75) is 39.2 Å². The van der Waals surface area contributed by atoms with Gasteiger partial charge in [-0.15, -0.1) is 0 Å². The lowest BCUT2D eigenvalue weighted by Gasteiger charge is -2.24. The summed E-state index contributed by atoms with van der Waals surface area (Å²) in [6.07, 6.45) is 4.81. The Bertz CT molecular complexity index is 960. The highest BCUT2D eigenvalue weighted by atomic mass is 16.1. The van der Waals surface area contributed by atoms with Crippen molar-refractivity contribution >= 4 is 5.91 Å². The molecule has 0 unspecified atom stereocenters. The maximum Gasteiger partial charge on any atom is 0.270 e. The molecule has 0 spiro atoms. The van der Waals surface area contributed by atoms with E-state index in [1.165, 1.54) is 11.3 Å². The standard InChI is InChI=1S/C21H22N4O/c1-14-7-3-4-11-19(14)25-20-12-6-9-17(16(20)13-22-25)24-21(26)18-10-5-8-15(2)23-18/h3-5,7-8,10-11,13,17H,6,9,12H2,1-2H3,(H,24,26)/t17-/m1/s1. The number of benzene rings is 1. The predicted molar refractivity (Wildman–Crippen MR) is 100 cm³/mol. The maximum atomic E-state index is 12.6. The third kappa shape index (κ3) is 3.01. The average Bonchev–Trinajstić information content (AvgIpc) is 3.07. The number of aryl methyl sites for hydroxylation is 2. The molecule has 26 heavy (non-hydrogen) atoms. The van der Waals surface area contributed by atoms with Gasteiger partial charge in [0.05, 0.1) is 17.9 Å². The van der Waals surface area contributed by atoms with Crippen LogP contribution in [0.3, 0.4) is 0 Å². The summed E-state index contributed by atoms with van der Waals surface area (Å²) in [5.74, 6) is -0.129. The number of hydrogen-bond donors (Lipinski definition) is 1. The fourth-order valence-electron chi connectivity index (χ4n) is 3.62. The molecule has 1 aliphatic rings. The zero-order valence-corrected chi connectivity index (χ0v) is 15.1. The fourth-order valence-corrected chi connectivity index (χ4v) is 3.62. The van der Waals surface area contributed by atoms with Crippen LogP contribution in [0.4, 0.5) is 0 Å². The number of rotatable bonds is 3. The van der Waals surface area contributed by atoms with Crippen molar-refractivity contribution in [3.63, 3.8) is 0 Å². The van der Waals surface area contributed by atoms with Gasteiger partial charge in [0.1, 0.15) is 5.69 Å². The first-order chi connectivity index (χ1) is 12.6. The molecule has 0 bridgehead atoms. The van der Waals surface area contributed by atoms with Crippen molar-refractivity contribution in [3.05, 3.63) is 76.9 Å². The average molecular weight is 346 g/mol. The molecule has 5 nitrogen and oxygen atoms in total. The summed E-state index contributed by atoms with van der Waals surface area (Å²) in [4.78, 5) is 16.9. The molecule has 1 aliphatic carbocycles. The van der Waals surface area contributed by atoms with Gasteiger partial charge < -0.3 is 5.32 Å². The minimum Gasteiger partial charge on any atom is -0.344 e. The SMILES string of the molecule is Cc1cccc(C(=O)N[C@@H]2CCCc3c2cnn3-c2ccccc2C)n1. The highest BCUT2D eigenvalue weighted by molar-refractivity contribution is 5.92. The van der Waals surface area contributed by atoms with Gasteiger partial charge in [0.15, 0.2) is 0 Å². The van der Waals surface area contributed by atoms with Gasteiger partial charge in [0.2, 0.25) is 0 Å². The van der Waals surface area contributed by atoms with Crippen LogP contribution in [-0.2, 0) is 6.42 Å². The van der Waals surface area contributed by atoms with E-state index in [0.29, 0.717) is 5.69 Å². The summed E-state index contributed by atoms with van der Waals surface area (Å²) in [5.41, 5.74) is 5.89. The first-order valence-electron chi connectivity index (χ1n) is 9.01. The molecule has 0 saturated carbocycles. The Morgan fingerprint density at radius 3 is 2.81 bits per heavy atom. The summed E-state index contributed by atoms with van der Waals surface area (Å²) in [6.45, 7) is 3.98. The summed E-state index contributed by atoms with van der Waals surface area (Å²) < 4.78 is 2.02. The molecule has 0 aliphatic heterocycles. The van der Waals surface area contributed by atoms with E-state index >= 15 is 0 Å². The zero-order chi connectivity index (χ0) is 18.1. The van der Waals surface area contributed by atoms with E-state index in [9.17, 15) is 4.79 Å². The van der Waals surface area contributed by atoms with Crippen molar-refractivity contribution in [2.24, 2.45) is 0 Å². The normalized spacial score (nSPS) is 16.2. The Kier molecular flexibility index (Phi) is 4.29. The first-order valence-corrected chi connectivity index (χ1v) is 9.01. The van der Waals surface area contributed by atoms with E-state index in [1.54, 1.807) is 6.07 Å². The number of fused-ring (bicyclic) bond motifs is 1. The third-order valence-electron chi connectivity index (χ3n) is 4.95. The van der Waals surface area contributed by atoms with Gasteiger partial charge in [-0.1, -0.05) is 24.3 Å². The molecule has 0 saturated heterocycles. The summed E-state index contributed by atoms with van der Waals surface area (Å²) in [5, 5.41) is 7.77. The van der Waals surface area contributed by atoms with Crippen molar-refractivity contribution in [1.82, 2.24) is 20.1 Å². The Hall–Kier alpha value is -2.95. The highest BCUT2D eigenvalue weighted by Gasteiger charge is 2.27. The number of para-hydroxylation sites is 1. The van der Waals surface area contributed by atoms with E-state index in [4.69, 9.17) is 0 Å². The van der Waals surface area contributed by atoms with Crippen LogP contribution in [0.2, 0.25) is 0 Å². The third-order valence-corrected chi connectivity index (χ3v) is 4.95. The second-order valence-electron chi connectivity index (χ2n) is 6.83. The summed E-state index contributed by atoms with van der Waals surface area (Å²) >= 11 is 0. The lowest BCUT2D eigenvalue weighted by atomic mass is 9.92. The summed E-state index contributed by atoms with van der Waals surface area (Å²) in [6, 6.07) is 13.7. The van der Waals surface area contributed by atoms with Crippen LogP contribution in [0.15, 0.2) is 48.7 Å². The second kappa shape index (κ2) is 6.75. The number of aromatic nitrogens is 3. The molecule has 3 aromatic rings. The number of pyridine rings is 1. The van der Waals surface area contributed by atoms with E-state index in [1.807, 2.05) is 42.1 Å². The zero-order valence-electron chi connectivity index (χ0n) is 15.1. The highest BCUT2D eigenvalue weighted by Crippen LogP contribution is 2.31. The van der Waals surface area contributed by atoms with Crippen molar-refractivity contribution in [3.8, 4) is 5.69 Å². The molecular weight excluding hydrogens is 324 g/mol. The van der Waals surface area contributed by atoms with Crippen LogP contribution >= 0.6 is 0 Å². The van der Waals surface area contributed by atoms with Crippen LogP contribution in [-0.4, -0.2) is 20.7 Å². The molecule has 1 N–H and O–H groups in total. The Morgan fingerprint density at radius 2 is 2.00 bits per heavy atom. The fraction of sp³-hybridized carbons (Fsp3) is 0.286. The Balaban J connectivity index is 1.63. The van der Waals surface area contributed by atoms with Crippen molar-refractivity contribution < 1.29 is 4.79 Å². The predicted octanol–water partition coefficient (Wildman–Crippen LogP) is 3.69. The minimum atomic E-state index is -0.129. The van der Waals surface area contributed by atoms with Crippen molar-refractivity contribution in [2.75, 3.05) is 0 Å². The number of amides is 1. The molecule has 1 aromatic carbocycles. The van der Waals surface area contributed by atoms with E-state index in [2.05, 4.69) is 34.5 Å². The van der Waals surface area contributed by atoms with Gasteiger partial charge in [-0.3, -0.25) is 4.79 Å². The van der Waals surface area contributed by atoms with Gasteiger partial charge in [0.25, 0.3) is 5.91 Å². The quantitative estimate of drug-likeness (QED) is 0.787. The van der Waals surface area contributed by atoms with Crippen LogP contribution in [0, 0.1) is 13.8 Å². The lowest BCUT2D eigenvalue weighted by Crippen LogP contribution is -2.31. The number of hydrogen-bond acceptors (Lipinski definition) is 3. The van der Waals surface area contributed by atoms with Crippen LogP contribution in [0.5, 0.6) is 0 Å². The van der Waals surface area contributed by atoms with Gasteiger partial charge in [0, 0.05) is 17.0 Å². The largest absolute Gasteiger partial charge is 0.344 e. The molecule has 1 atom stereocenters. The van der Waals surface area contributed by atoms with Crippen molar-refractivity contribution in [1.29, 1.82) is 0 Å². The maximum absolute atomic E-state index is 12.6. The summed E-state index contributed by atoms with van der Waals surface area (Å²) in [7, 11) is 0. The number of carbonyl (C=O) groups excluding carboxylic acids is 1. The smallest absolute Gasteiger partial charge is 0.270 e. The molecule has 2 aromatic heterocycles. The van der Waals surface area contributed by atoms with Gasteiger partial charge in [-0.2, -0.15) is 5.10 Å². The van der Waals surface area contributed by atoms with Crippen LogP contribution < -0.4 is 5.32 Å². The van der Waals surface area contributed by atoms with Gasteiger partial charge >= 0.3 is 0 Å². The number of nitrogens with zero attached hydrogens (tertiary/aromatic N) is 3. The molecule has 4 rings (SSSR count). The van der Waals surface area contributed by atoms with Crippen LogP contribution in [0.25, 0.3) is 5.69 Å². The minimum absolute atomic E-state index is 0.0219. The molecule has 132 valence electrons. The second-order valence-corrected chi connectivity index (χ2v) is 6.83. The molecular formula is C21H22N4O. The molecule has 2 heterocycles. The van der Waals surface area contributed by atoms with Crippen LogP contribution in [0.1, 0.15) is 51.9 Å². The van der Waals surface area contributed by atoms with Gasteiger partial charge in [-0.25, -0.2) is 9.67 Å². The molecule has 0 fully saturated rings. The van der Waals surface area contributed by atoms with E-state index < -0.39 is 0 Å². The number of nitrogens with one attached hydrogen (secondary N) is 1. The number of carbonyl (C=O) groups is 1. The van der Waals surface area contributed by atoms with Gasteiger partial charge in [-0.05, 0) is 56.9 Å². The van der Waals surface area contributed by atoms with E-state index in [0.717, 1.165) is 36.2 Å².